The first-order valence-corrected chi connectivity index (χ1v) is 6.91. The molecule has 0 fully saturated rings. The van der Waals surface area contributed by atoms with Crippen LogP contribution in [0.25, 0.3) is 10.8 Å². The molecule has 0 spiro atoms. The van der Waals surface area contributed by atoms with Crippen molar-refractivity contribution in [1.29, 1.82) is 0 Å². The van der Waals surface area contributed by atoms with Crippen LogP contribution in [0.4, 0.5) is 5.69 Å². The predicted molar refractivity (Wildman–Crippen MR) is 87.3 cm³/mol. The second-order valence-corrected chi connectivity index (χ2v) is 5.14. The normalized spacial score (nSPS) is 10.5. The highest BCUT2D eigenvalue weighted by molar-refractivity contribution is 7.80. The van der Waals surface area contributed by atoms with Gasteiger partial charge in [-0.3, -0.25) is 4.79 Å². The molecule has 0 saturated carbocycles. The van der Waals surface area contributed by atoms with Gasteiger partial charge in [-0.15, -0.1) is 12.6 Å². The molecule has 0 saturated heterocycles. The number of hydrogen-bond acceptors (Lipinski definition) is 3. The van der Waals surface area contributed by atoms with Gasteiger partial charge < -0.3 is 10.4 Å². The summed E-state index contributed by atoms with van der Waals surface area (Å²) >= 11 is 4.40. The van der Waals surface area contributed by atoms with Crippen molar-refractivity contribution in [2.24, 2.45) is 0 Å². The number of carbonyl (C=O) groups excluding carboxylic acids is 1. The largest absolute Gasteiger partial charge is 0.506 e. The van der Waals surface area contributed by atoms with E-state index < -0.39 is 0 Å². The number of rotatable bonds is 2. The highest BCUT2D eigenvalue weighted by atomic mass is 32.1. The maximum atomic E-state index is 12.3. The van der Waals surface area contributed by atoms with Crippen LogP contribution < -0.4 is 5.32 Å². The summed E-state index contributed by atoms with van der Waals surface area (Å²) < 4.78 is 0. The fourth-order valence-corrected chi connectivity index (χ4v) is 2.56. The minimum atomic E-state index is -0.361. The summed E-state index contributed by atoms with van der Waals surface area (Å²) in [4.78, 5) is 13.0. The molecule has 3 aromatic carbocycles. The van der Waals surface area contributed by atoms with Crippen LogP contribution in [0.2, 0.25) is 0 Å². The maximum absolute atomic E-state index is 12.3. The highest BCUT2D eigenvalue weighted by Crippen LogP contribution is 2.33. The van der Waals surface area contributed by atoms with Gasteiger partial charge in [0.1, 0.15) is 5.75 Å². The molecule has 0 aliphatic heterocycles. The Kier molecular flexibility index (Phi) is 3.54. The molecular weight excluding hydrogens is 282 g/mol. The van der Waals surface area contributed by atoms with Crippen molar-refractivity contribution >= 4 is 35.0 Å². The van der Waals surface area contributed by atoms with Crippen molar-refractivity contribution in [3.8, 4) is 5.75 Å². The zero-order chi connectivity index (χ0) is 14.8. The van der Waals surface area contributed by atoms with Crippen LogP contribution >= 0.6 is 12.6 Å². The smallest absolute Gasteiger partial charge is 0.259 e. The maximum Gasteiger partial charge on any atom is 0.259 e. The van der Waals surface area contributed by atoms with Crippen molar-refractivity contribution in [2.45, 2.75) is 4.90 Å². The van der Waals surface area contributed by atoms with E-state index >= 15 is 0 Å². The van der Waals surface area contributed by atoms with Crippen LogP contribution in [-0.2, 0) is 0 Å². The second-order valence-electron chi connectivity index (χ2n) is 4.66. The molecule has 0 radical (unpaired) electrons. The third-order valence-electron chi connectivity index (χ3n) is 3.27. The van der Waals surface area contributed by atoms with Gasteiger partial charge in [-0.05, 0) is 23.6 Å². The lowest BCUT2D eigenvalue weighted by molar-refractivity contribution is 0.102. The molecule has 4 heteroatoms. The Bertz CT molecular complexity index is 816. The Morgan fingerprint density at radius 2 is 1.57 bits per heavy atom. The molecule has 0 aliphatic carbocycles. The van der Waals surface area contributed by atoms with Gasteiger partial charge in [-0.2, -0.15) is 0 Å². The molecule has 104 valence electrons. The summed E-state index contributed by atoms with van der Waals surface area (Å²) in [6.07, 6.45) is 0. The topological polar surface area (TPSA) is 49.3 Å². The van der Waals surface area contributed by atoms with E-state index in [1.165, 1.54) is 0 Å². The number of hydrogen-bond donors (Lipinski definition) is 3. The van der Waals surface area contributed by atoms with Crippen molar-refractivity contribution in [1.82, 2.24) is 0 Å². The Hall–Kier alpha value is -2.46. The van der Waals surface area contributed by atoms with Gasteiger partial charge in [-0.1, -0.05) is 42.5 Å². The molecule has 2 N–H and O–H groups in total. The monoisotopic (exact) mass is 295 g/mol. The van der Waals surface area contributed by atoms with Crippen LogP contribution in [0, 0.1) is 0 Å². The number of thiol groups is 1. The van der Waals surface area contributed by atoms with Gasteiger partial charge in [-0.25, -0.2) is 0 Å². The first-order chi connectivity index (χ1) is 10.2. The first kappa shape index (κ1) is 13.5. The van der Waals surface area contributed by atoms with Crippen LogP contribution in [0.3, 0.4) is 0 Å². The first-order valence-electron chi connectivity index (χ1n) is 6.47. The highest BCUT2D eigenvalue weighted by Gasteiger charge is 2.16. The van der Waals surface area contributed by atoms with E-state index in [1.807, 2.05) is 36.4 Å². The average molecular weight is 295 g/mol. The van der Waals surface area contributed by atoms with Crippen molar-refractivity contribution < 1.29 is 9.90 Å². The van der Waals surface area contributed by atoms with E-state index in [-0.39, 0.29) is 17.2 Å². The van der Waals surface area contributed by atoms with Gasteiger partial charge in [0.25, 0.3) is 5.91 Å². The molecule has 0 aromatic heterocycles. The summed E-state index contributed by atoms with van der Waals surface area (Å²) in [7, 11) is 0. The number of amides is 1. The Balaban J connectivity index is 2.04. The molecule has 21 heavy (non-hydrogen) atoms. The molecule has 0 aliphatic rings. The molecule has 0 heterocycles. The lowest BCUT2D eigenvalue weighted by atomic mass is 10.0. The second kappa shape index (κ2) is 5.50. The molecule has 1 amide bonds. The zero-order valence-electron chi connectivity index (χ0n) is 11.1. The van der Waals surface area contributed by atoms with E-state index in [1.54, 1.807) is 24.3 Å². The summed E-state index contributed by atoms with van der Waals surface area (Å²) in [5.41, 5.74) is 0.887. The van der Waals surface area contributed by atoms with E-state index in [4.69, 9.17) is 0 Å². The Morgan fingerprint density at radius 3 is 2.29 bits per heavy atom. The molecule has 3 rings (SSSR count). The molecule has 0 atom stereocenters. The number of carbonyl (C=O) groups is 1. The number of benzene rings is 3. The summed E-state index contributed by atoms with van der Waals surface area (Å²) in [6, 6.07) is 18.0. The number of fused-ring (bicyclic) bond motifs is 1. The summed E-state index contributed by atoms with van der Waals surface area (Å²) in [5.74, 6) is -0.392. The number of phenols is 1. The fraction of sp³-hybridized carbons (Fsp3) is 0. The lowest BCUT2D eigenvalue weighted by Crippen LogP contribution is -2.12. The SMILES string of the molecule is O=C(Nc1ccccc1)c1cc(S)c2ccccc2c1O. The van der Waals surface area contributed by atoms with E-state index in [0.29, 0.717) is 16.0 Å². The number of para-hydroxylation sites is 1. The van der Waals surface area contributed by atoms with Gasteiger partial charge in [0, 0.05) is 16.0 Å². The zero-order valence-corrected chi connectivity index (χ0v) is 12.0. The Labute approximate surface area is 127 Å². The van der Waals surface area contributed by atoms with Crippen LogP contribution in [0.15, 0.2) is 65.6 Å². The molecular formula is C17H13NO2S. The lowest BCUT2D eigenvalue weighted by Gasteiger charge is -2.11. The van der Waals surface area contributed by atoms with Gasteiger partial charge in [0.05, 0.1) is 5.56 Å². The third-order valence-corrected chi connectivity index (χ3v) is 3.64. The fourth-order valence-electron chi connectivity index (χ4n) is 2.23. The van der Waals surface area contributed by atoms with Gasteiger partial charge in [0.15, 0.2) is 0 Å². The number of anilines is 1. The molecule has 0 unspecified atom stereocenters. The van der Waals surface area contributed by atoms with E-state index in [9.17, 15) is 9.90 Å². The standard InChI is InChI=1S/C17H13NO2S/c19-16-13-9-5-4-8-12(13)15(21)10-14(16)17(20)18-11-6-2-1-3-7-11/h1-10,19,21H,(H,18,20). The number of nitrogens with one attached hydrogen (secondary N) is 1. The summed E-state index contributed by atoms with van der Waals surface area (Å²) in [5, 5.41) is 14.5. The van der Waals surface area contributed by atoms with E-state index in [2.05, 4.69) is 17.9 Å². The Morgan fingerprint density at radius 1 is 0.952 bits per heavy atom. The molecule has 3 aromatic rings. The number of aromatic hydroxyl groups is 1. The number of phenolic OH excluding ortho intramolecular Hbond substituents is 1. The minimum Gasteiger partial charge on any atom is -0.506 e. The predicted octanol–water partition coefficient (Wildman–Crippen LogP) is 4.09. The van der Waals surface area contributed by atoms with Crippen molar-refractivity contribution in [3.05, 3.63) is 66.2 Å². The van der Waals surface area contributed by atoms with Crippen molar-refractivity contribution in [2.75, 3.05) is 5.32 Å². The van der Waals surface area contributed by atoms with E-state index in [0.717, 1.165) is 5.39 Å². The summed E-state index contributed by atoms with van der Waals surface area (Å²) in [6.45, 7) is 0. The third kappa shape index (κ3) is 2.58. The molecule has 3 nitrogen and oxygen atoms in total. The molecule has 0 bridgehead atoms. The quantitative estimate of drug-likeness (QED) is 0.624. The van der Waals surface area contributed by atoms with Crippen molar-refractivity contribution in [3.63, 3.8) is 0 Å². The van der Waals surface area contributed by atoms with Crippen LogP contribution in [0.5, 0.6) is 5.75 Å². The van der Waals surface area contributed by atoms with Crippen LogP contribution in [0.1, 0.15) is 10.4 Å². The van der Waals surface area contributed by atoms with Gasteiger partial charge >= 0.3 is 0 Å². The minimum absolute atomic E-state index is 0.0307. The average Bonchev–Trinajstić information content (AvgIpc) is 2.52. The van der Waals surface area contributed by atoms with Crippen LogP contribution in [-0.4, -0.2) is 11.0 Å². The van der Waals surface area contributed by atoms with Gasteiger partial charge in [0.2, 0.25) is 0 Å².